The van der Waals surface area contributed by atoms with Gasteiger partial charge < -0.3 is 10.4 Å². The molecule has 10 heavy (non-hydrogen) atoms. The molecular weight excluding hydrogens is 126 g/mol. The van der Waals surface area contributed by atoms with Gasteiger partial charge in [-0.1, -0.05) is 13.8 Å². The molecular formula is C8H17NO. The highest BCUT2D eigenvalue weighted by atomic mass is 16.3. The van der Waals surface area contributed by atoms with E-state index in [1.165, 1.54) is 0 Å². The molecule has 2 nitrogen and oxygen atoms in total. The van der Waals surface area contributed by atoms with Crippen molar-refractivity contribution < 1.29 is 5.11 Å². The van der Waals surface area contributed by atoms with Crippen molar-refractivity contribution in [3.8, 4) is 0 Å². The van der Waals surface area contributed by atoms with E-state index in [2.05, 4.69) is 19.2 Å². The standard InChI is InChI=1S/C8H17NO/c1-3-8(2)6-9-5-4-7(8)10/h7,9-10H,3-6H2,1-2H3. The third kappa shape index (κ3) is 1.32. The molecule has 0 aromatic rings. The van der Waals surface area contributed by atoms with Crippen LogP contribution >= 0.6 is 0 Å². The van der Waals surface area contributed by atoms with Crippen LogP contribution < -0.4 is 5.32 Å². The van der Waals surface area contributed by atoms with Gasteiger partial charge in [-0.05, 0) is 19.4 Å². The summed E-state index contributed by atoms with van der Waals surface area (Å²) >= 11 is 0. The lowest BCUT2D eigenvalue weighted by molar-refractivity contribution is 0.00913. The first kappa shape index (κ1) is 8.02. The van der Waals surface area contributed by atoms with E-state index in [9.17, 15) is 5.11 Å². The summed E-state index contributed by atoms with van der Waals surface area (Å²) in [6.45, 7) is 6.21. The molecule has 2 N–H and O–H groups in total. The molecule has 2 unspecified atom stereocenters. The van der Waals surface area contributed by atoms with E-state index in [1.807, 2.05) is 0 Å². The molecule has 0 spiro atoms. The summed E-state index contributed by atoms with van der Waals surface area (Å²) in [6.07, 6.45) is 1.87. The second-order valence-electron chi connectivity index (χ2n) is 3.49. The van der Waals surface area contributed by atoms with E-state index in [-0.39, 0.29) is 11.5 Å². The van der Waals surface area contributed by atoms with E-state index in [0.29, 0.717) is 0 Å². The highest BCUT2D eigenvalue weighted by Crippen LogP contribution is 2.28. The molecule has 0 radical (unpaired) electrons. The first-order valence-electron chi connectivity index (χ1n) is 4.08. The minimum atomic E-state index is -0.0984. The number of rotatable bonds is 1. The van der Waals surface area contributed by atoms with Crippen molar-refractivity contribution in [2.75, 3.05) is 13.1 Å². The van der Waals surface area contributed by atoms with Gasteiger partial charge in [-0.3, -0.25) is 0 Å². The fraction of sp³-hybridized carbons (Fsp3) is 1.00. The van der Waals surface area contributed by atoms with Crippen molar-refractivity contribution in [3.05, 3.63) is 0 Å². The SMILES string of the molecule is CCC1(C)CNCCC1O. The van der Waals surface area contributed by atoms with Gasteiger partial charge in [0, 0.05) is 12.0 Å². The monoisotopic (exact) mass is 143 g/mol. The van der Waals surface area contributed by atoms with E-state index < -0.39 is 0 Å². The molecule has 0 aliphatic carbocycles. The molecule has 1 rings (SSSR count). The van der Waals surface area contributed by atoms with Gasteiger partial charge in [-0.2, -0.15) is 0 Å². The lowest BCUT2D eigenvalue weighted by Crippen LogP contribution is -2.47. The number of piperidine rings is 1. The first-order chi connectivity index (χ1) is 4.69. The summed E-state index contributed by atoms with van der Waals surface area (Å²) in [7, 11) is 0. The van der Waals surface area contributed by atoms with Gasteiger partial charge in [0.05, 0.1) is 6.10 Å². The lowest BCUT2D eigenvalue weighted by atomic mass is 9.78. The van der Waals surface area contributed by atoms with Gasteiger partial charge in [-0.15, -0.1) is 0 Å². The Morgan fingerprint density at radius 1 is 1.70 bits per heavy atom. The van der Waals surface area contributed by atoms with Crippen molar-refractivity contribution >= 4 is 0 Å². The quantitative estimate of drug-likeness (QED) is 0.568. The van der Waals surface area contributed by atoms with Crippen LogP contribution in [-0.2, 0) is 0 Å². The van der Waals surface area contributed by atoms with Crippen LogP contribution in [0.1, 0.15) is 26.7 Å². The highest BCUT2D eigenvalue weighted by Gasteiger charge is 2.33. The molecule has 0 bridgehead atoms. The van der Waals surface area contributed by atoms with Crippen LogP contribution in [0.5, 0.6) is 0 Å². The average Bonchev–Trinajstić information content (AvgIpc) is 1.96. The van der Waals surface area contributed by atoms with Gasteiger partial charge in [0.25, 0.3) is 0 Å². The number of aliphatic hydroxyl groups is 1. The summed E-state index contributed by atoms with van der Waals surface area (Å²) in [6, 6.07) is 0. The van der Waals surface area contributed by atoms with E-state index in [0.717, 1.165) is 25.9 Å². The Labute approximate surface area is 62.6 Å². The molecule has 1 aliphatic rings. The molecule has 1 fully saturated rings. The Kier molecular flexibility index (Phi) is 2.32. The summed E-state index contributed by atoms with van der Waals surface area (Å²) in [5, 5.41) is 12.9. The zero-order valence-corrected chi connectivity index (χ0v) is 6.85. The summed E-state index contributed by atoms with van der Waals surface area (Å²) < 4.78 is 0. The molecule has 1 saturated heterocycles. The van der Waals surface area contributed by atoms with Crippen molar-refractivity contribution in [3.63, 3.8) is 0 Å². The Morgan fingerprint density at radius 3 is 2.80 bits per heavy atom. The molecule has 2 heteroatoms. The maximum Gasteiger partial charge on any atom is 0.0617 e. The number of nitrogens with one attached hydrogen (secondary N) is 1. The van der Waals surface area contributed by atoms with Crippen molar-refractivity contribution in [1.82, 2.24) is 5.32 Å². The third-order valence-electron chi connectivity index (χ3n) is 2.74. The van der Waals surface area contributed by atoms with Gasteiger partial charge in [0.1, 0.15) is 0 Å². The number of hydrogen-bond acceptors (Lipinski definition) is 2. The molecule has 2 atom stereocenters. The zero-order valence-electron chi connectivity index (χ0n) is 6.85. The van der Waals surface area contributed by atoms with E-state index in [4.69, 9.17) is 0 Å². The van der Waals surface area contributed by atoms with E-state index in [1.54, 1.807) is 0 Å². The molecule has 0 aromatic carbocycles. The van der Waals surface area contributed by atoms with Crippen LogP contribution in [0.2, 0.25) is 0 Å². The highest BCUT2D eigenvalue weighted by molar-refractivity contribution is 4.87. The van der Waals surface area contributed by atoms with E-state index >= 15 is 0 Å². The molecule has 0 amide bonds. The minimum absolute atomic E-state index is 0.0984. The van der Waals surface area contributed by atoms with Crippen molar-refractivity contribution in [2.45, 2.75) is 32.8 Å². The first-order valence-corrected chi connectivity index (χ1v) is 4.08. The third-order valence-corrected chi connectivity index (χ3v) is 2.74. The maximum atomic E-state index is 9.59. The average molecular weight is 143 g/mol. The molecule has 0 saturated carbocycles. The predicted molar refractivity (Wildman–Crippen MR) is 41.9 cm³/mol. The molecule has 1 aliphatic heterocycles. The molecule has 0 aromatic heterocycles. The molecule has 60 valence electrons. The maximum absolute atomic E-state index is 9.59. The zero-order chi connectivity index (χ0) is 7.61. The Bertz CT molecular complexity index is 116. The number of aliphatic hydroxyl groups excluding tert-OH is 1. The van der Waals surface area contributed by atoms with Gasteiger partial charge >= 0.3 is 0 Å². The number of hydrogen-bond donors (Lipinski definition) is 2. The second-order valence-corrected chi connectivity index (χ2v) is 3.49. The summed E-state index contributed by atoms with van der Waals surface area (Å²) in [5.41, 5.74) is 0.123. The molecule has 1 heterocycles. The largest absolute Gasteiger partial charge is 0.392 e. The van der Waals surface area contributed by atoms with Gasteiger partial charge in [0.15, 0.2) is 0 Å². The van der Waals surface area contributed by atoms with Gasteiger partial charge in [0.2, 0.25) is 0 Å². The normalized spacial score (nSPS) is 41.7. The fourth-order valence-electron chi connectivity index (χ4n) is 1.44. The van der Waals surface area contributed by atoms with Crippen LogP contribution in [0.25, 0.3) is 0 Å². The smallest absolute Gasteiger partial charge is 0.0617 e. The summed E-state index contributed by atoms with van der Waals surface area (Å²) in [5.74, 6) is 0. The topological polar surface area (TPSA) is 32.3 Å². The lowest BCUT2D eigenvalue weighted by Gasteiger charge is -2.38. The summed E-state index contributed by atoms with van der Waals surface area (Å²) in [4.78, 5) is 0. The van der Waals surface area contributed by atoms with Crippen molar-refractivity contribution in [2.24, 2.45) is 5.41 Å². The van der Waals surface area contributed by atoms with Crippen LogP contribution in [0.15, 0.2) is 0 Å². The Hall–Kier alpha value is -0.0800. The fourth-order valence-corrected chi connectivity index (χ4v) is 1.44. The second kappa shape index (κ2) is 2.89. The van der Waals surface area contributed by atoms with Crippen LogP contribution in [0.4, 0.5) is 0 Å². The van der Waals surface area contributed by atoms with Gasteiger partial charge in [-0.25, -0.2) is 0 Å². The van der Waals surface area contributed by atoms with Crippen LogP contribution in [0.3, 0.4) is 0 Å². The van der Waals surface area contributed by atoms with Crippen LogP contribution in [0, 0.1) is 5.41 Å². The van der Waals surface area contributed by atoms with Crippen molar-refractivity contribution in [1.29, 1.82) is 0 Å². The predicted octanol–water partition coefficient (Wildman–Crippen LogP) is 0.757. The Balaban J connectivity index is 2.54. The van der Waals surface area contributed by atoms with Crippen LogP contribution in [-0.4, -0.2) is 24.3 Å². The Morgan fingerprint density at radius 2 is 2.40 bits per heavy atom. The minimum Gasteiger partial charge on any atom is -0.392 e.